The number of carbonyl (C=O) groups is 2. The zero-order valence-corrected chi connectivity index (χ0v) is 11.6. The Hall–Kier alpha value is -0.990. The molecular weight excluding hydrogens is 281 g/mol. The van der Waals surface area contributed by atoms with Crippen molar-refractivity contribution in [2.75, 3.05) is 40.6 Å². The van der Waals surface area contributed by atoms with E-state index in [1.165, 1.54) is 14.2 Å². The van der Waals surface area contributed by atoms with Crippen molar-refractivity contribution in [2.45, 2.75) is 6.10 Å². The molecule has 112 valence electrons. The zero-order valence-electron chi connectivity index (χ0n) is 10.7. The SMILES string of the molecule is COC(=O)NCCOP(O)OCC(COC=O)OC. The first-order valence-corrected chi connectivity index (χ1v) is 6.41. The minimum absolute atomic E-state index is 0.0109. The smallest absolute Gasteiger partial charge is 0.406 e. The molecule has 0 spiro atoms. The van der Waals surface area contributed by atoms with Crippen LogP contribution in [0.25, 0.3) is 0 Å². The van der Waals surface area contributed by atoms with Crippen LogP contribution in [-0.2, 0) is 28.1 Å². The molecule has 0 saturated heterocycles. The Morgan fingerprint density at radius 3 is 2.68 bits per heavy atom. The van der Waals surface area contributed by atoms with Gasteiger partial charge in [0.05, 0.1) is 20.3 Å². The summed E-state index contributed by atoms with van der Waals surface area (Å²) in [4.78, 5) is 30.0. The summed E-state index contributed by atoms with van der Waals surface area (Å²) in [5.74, 6) is 0. The van der Waals surface area contributed by atoms with Crippen LogP contribution in [-0.4, -0.2) is 64.1 Å². The van der Waals surface area contributed by atoms with Crippen LogP contribution in [0.5, 0.6) is 0 Å². The van der Waals surface area contributed by atoms with Gasteiger partial charge in [0.25, 0.3) is 6.47 Å². The molecule has 0 saturated carbocycles. The third kappa shape index (κ3) is 10.6. The van der Waals surface area contributed by atoms with Crippen molar-refractivity contribution >= 4 is 21.2 Å². The first kappa shape index (κ1) is 18.0. The summed E-state index contributed by atoms with van der Waals surface area (Å²) in [7, 11) is 0.575. The first-order chi connectivity index (χ1) is 9.13. The van der Waals surface area contributed by atoms with Gasteiger partial charge in [0.15, 0.2) is 0 Å². The van der Waals surface area contributed by atoms with Gasteiger partial charge in [-0.05, 0) is 0 Å². The van der Waals surface area contributed by atoms with Gasteiger partial charge in [-0.3, -0.25) is 4.79 Å². The van der Waals surface area contributed by atoms with Gasteiger partial charge in [-0.15, -0.1) is 0 Å². The Morgan fingerprint density at radius 1 is 1.37 bits per heavy atom. The number of amides is 1. The number of nitrogens with one attached hydrogen (secondary N) is 1. The number of alkyl carbamates (subject to hydrolysis) is 1. The van der Waals surface area contributed by atoms with Gasteiger partial charge in [-0.2, -0.15) is 0 Å². The average Bonchev–Trinajstić information content (AvgIpc) is 2.43. The van der Waals surface area contributed by atoms with Crippen LogP contribution < -0.4 is 5.32 Å². The van der Waals surface area contributed by atoms with Crippen molar-refractivity contribution in [1.82, 2.24) is 5.32 Å². The largest absolute Gasteiger partial charge is 0.465 e. The van der Waals surface area contributed by atoms with E-state index in [0.717, 1.165) is 0 Å². The molecule has 2 N–H and O–H groups in total. The molecule has 1 amide bonds. The van der Waals surface area contributed by atoms with E-state index in [9.17, 15) is 14.5 Å². The van der Waals surface area contributed by atoms with Gasteiger partial charge in [-0.1, -0.05) is 0 Å². The molecule has 9 nitrogen and oxygen atoms in total. The summed E-state index contributed by atoms with van der Waals surface area (Å²) in [5, 5.41) is 2.37. The fourth-order valence-corrected chi connectivity index (χ4v) is 1.48. The molecule has 2 unspecified atom stereocenters. The van der Waals surface area contributed by atoms with Crippen LogP contribution in [0.4, 0.5) is 4.79 Å². The Kier molecular flexibility index (Phi) is 11.4. The molecule has 0 heterocycles. The second-order valence-electron chi connectivity index (χ2n) is 3.07. The van der Waals surface area contributed by atoms with E-state index in [1.807, 2.05) is 0 Å². The Bertz CT molecular complexity index is 254. The maximum absolute atomic E-state index is 10.7. The number of hydrogen-bond donors (Lipinski definition) is 2. The summed E-state index contributed by atoms with van der Waals surface area (Å²) in [6.45, 7) is 0.573. The number of hydrogen-bond acceptors (Lipinski definition) is 8. The number of carbonyl (C=O) groups excluding carboxylic acids is 2. The fourth-order valence-electron chi connectivity index (χ4n) is 0.864. The molecule has 10 heteroatoms. The minimum atomic E-state index is -2.08. The molecule has 0 bridgehead atoms. The lowest BCUT2D eigenvalue weighted by atomic mass is 10.4. The van der Waals surface area contributed by atoms with Crippen LogP contribution in [0, 0.1) is 0 Å². The number of methoxy groups -OCH3 is 2. The highest BCUT2D eigenvalue weighted by Crippen LogP contribution is 2.32. The molecule has 0 aliphatic rings. The second kappa shape index (κ2) is 12.1. The average molecular weight is 299 g/mol. The van der Waals surface area contributed by atoms with Gasteiger partial charge in [-0.25, -0.2) is 4.79 Å². The van der Waals surface area contributed by atoms with Crippen molar-refractivity contribution in [3.05, 3.63) is 0 Å². The van der Waals surface area contributed by atoms with Crippen LogP contribution in [0.2, 0.25) is 0 Å². The van der Waals surface area contributed by atoms with E-state index >= 15 is 0 Å². The molecular formula is C9H18NO8P. The van der Waals surface area contributed by atoms with Gasteiger partial charge < -0.3 is 33.5 Å². The summed E-state index contributed by atoms with van der Waals surface area (Å²) < 4.78 is 23.6. The summed E-state index contributed by atoms with van der Waals surface area (Å²) in [5.41, 5.74) is 0. The summed E-state index contributed by atoms with van der Waals surface area (Å²) in [6, 6.07) is 0. The molecule has 19 heavy (non-hydrogen) atoms. The molecule has 2 atom stereocenters. The zero-order chi connectivity index (χ0) is 14.5. The summed E-state index contributed by atoms with van der Waals surface area (Å²) in [6.07, 6.45) is -1.07. The second-order valence-corrected chi connectivity index (χ2v) is 4.06. The van der Waals surface area contributed by atoms with Crippen molar-refractivity contribution in [1.29, 1.82) is 0 Å². The van der Waals surface area contributed by atoms with Gasteiger partial charge >= 0.3 is 14.7 Å². The predicted molar refractivity (Wildman–Crippen MR) is 64.3 cm³/mol. The predicted octanol–water partition coefficient (Wildman–Crippen LogP) is -0.217. The highest BCUT2D eigenvalue weighted by atomic mass is 31.2. The molecule has 0 radical (unpaired) electrons. The van der Waals surface area contributed by atoms with Crippen molar-refractivity contribution in [2.24, 2.45) is 0 Å². The van der Waals surface area contributed by atoms with Gasteiger partial charge in [0.1, 0.15) is 12.7 Å². The lowest BCUT2D eigenvalue weighted by molar-refractivity contribution is -0.132. The highest BCUT2D eigenvalue weighted by Gasteiger charge is 2.13. The molecule has 0 aromatic rings. The van der Waals surface area contributed by atoms with Crippen LogP contribution in [0.15, 0.2) is 0 Å². The van der Waals surface area contributed by atoms with E-state index in [0.29, 0.717) is 6.47 Å². The topological polar surface area (TPSA) is 113 Å². The normalized spacial score (nSPS) is 13.4. The van der Waals surface area contributed by atoms with Crippen molar-refractivity contribution in [3.8, 4) is 0 Å². The van der Waals surface area contributed by atoms with Crippen LogP contribution in [0.3, 0.4) is 0 Å². The van der Waals surface area contributed by atoms with Crippen molar-refractivity contribution in [3.63, 3.8) is 0 Å². The fraction of sp³-hybridized carbons (Fsp3) is 0.778. The standard InChI is InChI=1S/C9H18NO8P/c1-14-8(5-16-7-11)6-18-19(13)17-4-3-10-9(12)15-2/h7-8,13H,3-6H2,1-2H3,(H,10,12). The molecule has 0 aliphatic heterocycles. The number of ether oxygens (including phenoxy) is 3. The Morgan fingerprint density at radius 2 is 2.11 bits per heavy atom. The molecule has 0 fully saturated rings. The van der Waals surface area contributed by atoms with Gasteiger partial charge in [0.2, 0.25) is 0 Å². The molecule has 0 aromatic carbocycles. The van der Waals surface area contributed by atoms with Crippen LogP contribution >= 0.6 is 8.60 Å². The maximum atomic E-state index is 10.7. The minimum Gasteiger partial charge on any atom is -0.465 e. The van der Waals surface area contributed by atoms with Crippen LogP contribution in [0.1, 0.15) is 0 Å². The van der Waals surface area contributed by atoms with E-state index in [1.54, 1.807) is 0 Å². The van der Waals surface area contributed by atoms with E-state index in [4.69, 9.17) is 13.8 Å². The molecule has 0 aliphatic carbocycles. The van der Waals surface area contributed by atoms with E-state index in [-0.39, 0.29) is 26.4 Å². The van der Waals surface area contributed by atoms with E-state index in [2.05, 4.69) is 14.8 Å². The Balaban J connectivity index is 3.58. The van der Waals surface area contributed by atoms with E-state index < -0.39 is 20.8 Å². The Labute approximate surface area is 112 Å². The first-order valence-electron chi connectivity index (χ1n) is 5.28. The maximum Gasteiger partial charge on any atom is 0.406 e. The monoisotopic (exact) mass is 299 g/mol. The number of rotatable bonds is 11. The molecule has 0 aromatic heterocycles. The lowest BCUT2D eigenvalue weighted by Gasteiger charge is -2.16. The third-order valence-electron chi connectivity index (χ3n) is 1.81. The quantitative estimate of drug-likeness (QED) is 0.306. The highest BCUT2D eigenvalue weighted by molar-refractivity contribution is 7.40. The molecule has 0 rings (SSSR count). The summed E-state index contributed by atoms with van der Waals surface area (Å²) >= 11 is 0. The third-order valence-corrected chi connectivity index (χ3v) is 2.59. The van der Waals surface area contributed by atoms with Gasteiger partial charge in [0, 0.05) is 13.7 Å². The van der Waals surface area contributed by atoms with Crippen molar-refractivity contribution < 1.29 is 37.7 Å². The lowest BCUT2D eigenvalue weighted by Crippen LogP contribution is -2.26.